The van der Waals surface area contributed by atoms with E-state index in [1.165, 1.54) is 79.0 Å². The van der Waals surface area contributed by atoms with Crippen LogP contribution < -0.4 is 0 Å². The second kappa shape index (κ2) is 11.6. The van der Waals surface area contributed by atoms with Gasteiger partial charge in [0.2, 0.25) is 0 Å². The van der Waals surface area contributed by atoms with E-state index in [1.807, 2.05) is 47.7 Å². The van der Waals surface area contributed by atoms with Crippen molar-refractivity contribution in [3.05, 3.63) is 175 Å². The first-order valence-corrected chi connectivity index (χ1v) is 20.0. The minimum Gasteiger partial charge on any atom is -0.310 e. The van der Waals surface area contributed by atoms with Crippen LogP contribution in [0.3, 0.4) is 0 Å². The Morgan fingerprint density at radius 1 is 0.429 bits per heavy atom. The molecule has 0 spiro atoms. The molecule has 0 saturated heterocycles. The van der Waals surface area contributed by atoms with Gasteiger partial charge in [0.1, 0.15) is 0 Å². The first kappa shape index (κ1) is 31.2. The molecule has 258 valence electrons. The Labute approximate surface area is 328 Å². The standard InChI is InChI=1S/C50H26N4S2/c1-52-32-13-17-38-37-16-10-29(28-51)22-45(37)54(46(38)25-32)34-15-21-50-42(27-34)40-24-31(12-19-48(40)56-50)30-11-18-47-39(23-30)41-26-33(14-20-49(41)55-47)53-43-8-4-2-6-35(43)36-7-3-5-9-44(36)53/h2-27H. The Bertz CT molecular complexity index is 3620. The molecule has 8 aromatic carbocycles. The van der Waals surface area contributed by atoms with Crippen molar-refractivity contribution in [2.75, 3.05) is 0 Å². The fraction of sp³-hybridized carbons (Fsp3) is 0. The molecule has 0 unspecified atom stereocenters. The average Bonchev–Trinajstić information content (AvgIpc) is 3.99. The van der Waals surface area contributed by atoms with Crippen LogP contribution >= 0.6 is 22.7 Å². The molecule has 0 aliphatic rings. The van der Waals surface area contributed by atoms with Crippen molar-refractivity contribution in [3.8, 4) is 28.6 Å². The van der Waals surface area contributed by atoms with Crippen molar-refractivity contribution >= 4 is 112 Å². The highest BCUT2D eigenvalue weighted by Gasteiger charge is 2.17. The third kappa shape index (κ3) is 4.43. The quantitative estimate of drug-likeness (QED) is 0.166. The van der Waals surface area contributed by atoms with Gasteiger partial charge < -0.3 is 9.13 Å². The van der Waals surface area contributed by atoms with Gasteiger partial charge in [0, 0.05) is 78.8 Å². The molecule has 12 rings (SSSR count). The molecule has 4 heterocycles. The van der Waals surface area contributed by atoms with Gasteiger partial charge in [0.25, 0.3) is 0 Å². The van der Waals surface area contributed by atoms with Gasteiger partial charge in [-0.05, 0) is 102 Å². The third-order valence-electron chi connectivity index (χ3n) is 11.3. The summed E-state index contributed by atoms with van der Waals surface area (Å²) < 4.78 is 9.62. The van der Waals surface area contributed by atoms with Crippen LogP contribution in [-0.2, 0) is 0 Å². The number of hydrogen-bond acceptors (Lipinski definition) is 3. The maximum Gasteiger partial charge on any atom is 0.189 e. The number of nitrogens with zero attached hydrogens (tertiary/aromatic N) is 4. The lowest BCUT2D eigenvalue weighted by Gasteiger charge is -2.09. The Morgan fingerprint density at radius 3 is 1.45 bits per heavy atom. The zero-order valence-electron chi connectivity index (χ0n) is 29.6. The van der Waals surface area contributed by atoms with Crippen LogP contribution in [-0.4, -0.2) is 9.13 Å². The maximum absolute atomic E-state index is 9.79. The van der Waals surface area contributed by atoms with E-state index in [-0.39, 0.29) is 0 Å². The van der Waals surface area contributed by atoms with E-state index in [9.17, 15) is 5.26 Å². The van der Waals surface area contributed by atoms with E-state index in [2.05, 4.69) is 141 Å². The van der Waals surface area contributed by atoms with E-state index in [4.69, 9.17) is 6.57 Å². The molecule has 0 aliphatic carbocycles. The molecule has 56 heavy (non-hydrogen) atoms. The average molecular weight is 747 g/mol. The highest BCUT2D eigenvalue weighted by Crippen LogP contribution is 2.43. The number of nitriles is 1. The summed E-state index contributed by atoms with van der Waals surface area (Å²) in [6.07, 6.45) is 0. The summed E-state index contributed by atoms with van der Waals surface area (Å²) in [5, 5.41) is 19.4. The zero-order valence-corrected chi connectivity index (χ0v) is 31.2. The fourth-order valence-electron chi connectivity index (χ4n) is 8.79. The topological polar surface area (TPSA) is 38.0 Å². The maximum atomic E-state index is 9.79. The van der Waals surface area contributed by atoms with Crippen molar-refractivity contribution in [3.63, 3.8) is 0 Å². The summed E-state index contributed by atoms with van der Waals surface area (Å²) in [7, 11) is 0. The van der Waals surface area contributed by atoms with E-state index in [0.717, 1.165) is 27.5 Å². The summed E-state index contributed by atoms with van der Waals surface area (Å²) in [6.45, 7) is 7.70. The van der Waals surface area contributed by atoms with Crippen molar-refractivity contribution in [2.45, 2.75) is 0 Å². The number of thiophene rings is 2. The van der Waals surface area contributed by atoms with Crippen LogP contribution in [0, 0.1) is 17.9 Å². The van der Waals surface area contributed by atoms with Crippen LogP contribution in [0.2, 0.25) is 0 Å². The molecule has 0 aliphatic heterocycles. The van der Waals surface area contributed by atoms with Crippen LogP contribution in [0.5, 0.6) is 0 Å². The van der Waals surface area contributed by atoms with E-state index < -0.39 is 0 Å². The van der Waals surface area contributed by atoms with E-state index >= 15 is 0 Å². The monoisotopic (exact) mass is 746 g/mol. The molecule has 4 nitrogen and oxygen atoms in total. The van der Waals surface area contributed by atoms with Crippen LogP contribution in [0.4, 0.5) is 5.69 Å². The largest absolute Gasteiger partial charge is 0.310 e. The lowest BCUT2D eigenvalue weighted by Crippen LogP contribution is -1.93. The Morgan fingerprint density at radius 2 is 0.893 bits per heavy atom. The summed E-state index contributed by atoms with van der Waals surface area (Å²) in [5.41, 5.74) is 10.1. The number of para-hydroxylation sites is 2. The highest BCUT2D eigenvalue weighted by atomic mass is 32.1. The second-order valence-electron chi connectivity index (χ2n) is 14.3. The van der Waals surface area contributed by atoms with Crippen molar-refractivity contribution < 1.29 is 0 Å². The predicted molar refractivity (Wildman–Crippen MR) is 237 cm³/mol. The van der Waals surface area contributed by atoms with Crippen molar-refractivity contribution in [1.82, 2.24) is 9.13 Å². The van der Waals surface area contributed by atoms with Crippen LogP contribution in [0.15, 0.2) is 158 Å². The van der Waals surface area contributed by atoms with Crippen LogP contribution in [0.1, 0.15) is 5.56 Å². The Hall–Kier alpha value is -7.22. The highest BCUT2D eigenvalue weighted by molar-refractivity contribution is 7.26. The van der Waals surface area contributed by atoms with Gasteiger partial charge in [-0.3, -0.25) is 0 Å². The minimum absolute atomic E-state index is 0.590. The van der Waals surface area contributed by atoms with Crippen LogP contribution in [0.25, 0.3) is 111 Å². The number of rotatable bonds is 3. The number of benzene rings is 8. The molecule has 0 atom stereocenters. The summed E-state index contributed by atoms with van der Waals surface area (Å²) in [4.78, 5) is 3.74. The lowest BCUT2D eigenvalue weighted by atomic mass is 10.0. The third-order valence-corrected chi connectivity index (χ3v) is 13.6. The summed E-state index contributed by atoms with van der Waals surface area (Å²) in [5.74, 6) is 0. The molecule has 0 amide bonds. The lowest BCUT2D eigenvalue weighted by molar-refractivity contribution is 1.19. The van der Waals surface area contributed by atoms with Gasteiger partial charge in [-0.25, -0.2) is 4.85 Å². The smallest absolute Gasteiger partial charge is 0.189 e. The van der Waals surface area contributed by atoms with Gasteiger partial charge >= 0.3 is 0 Å². The molecule has 0 bridgehead atoms. The molecule has 4 aromatic heterocycles. The molecule has 0 saturated carbocycles. The Balaban J connectivity index is 1.02. The second-order valence-corrected chi connectivity index (χ2v) is 16.5. The van der Waals surface area contributed by atoms with Gasteiger partial charge in [-0.1, -0.05) is 66.7 Å². The van der Waals surface area contributed by atoms with Gasteiger partial charge in [0.15, 0.2) is 5.69 Å². The molecule has 6 heteroatoms. The summed E-state index contributed by atoms with van der Waals surface area (Å²) >= 11 is 3.65. The summed E-state index contributed by atoms with van der Waals surface area (Å²) in [6, 6.07) is 58.7. The van der Waals surface area contributed by atoms with E-state index in [0.29, 0.717) is 11.3 Å². The fourth-order valence-corrected chi connectivity index (χ4v) is 10.9. The molecular weight excluding hydrogens is 721 g/mol. The van der Waals surface area contributed by atoms with E-state index in [1.54, 1.807) is 11.3 Å². The van der Waals surface area contributed by atoms with Crippen molar-refractivity contribution in [1.29, 1.82) is 5.26 Å². The molecule has 0 radical (unpaired) electrons. The zero-order chi connectivity index (χ0) is 37.1. The van der Waals surface area contributed by atoms with Gasteiger partial charge in [0.05, 0.1) is 34.8 Å². The predicted octanol–water partition coefficient (Wildman–Crippen LogP) is 14.7. The van der Waals surface area contributed by atoms with Crippen molar-refractivity contribution in [2.24, 2.45) is 0 Å². The Kier molecular flexibility index (Phi) is 6.48. The molecule has 0 N–H and O–H groups in total. The number of aromatic nitrogens is 2. The molecular formula is C50H26N4S2. The molecule has 12 aromatic rings. The minimum atomic E-state index is 0.590. The first-order chi connectivity index (χ1) is 27.6. The van der Waals surface area contributed by atoms with Gasteiger partial charge in [-0.2, -0.15) is 5.26 Å². The van der Waals surface area contributed by atoms with Gasteiger partial charge in [-0.15, -0.1) is 22.7 Å². The first-order valence-electron chi connectivity index (χ1n) is 18.4. The number of hydrogen-bond donors (Lipinski definition) is 0. The molecule has 0 fully saturated rings. The normalized spacial score (nSPS) is 11.9. The number of fused-ring (bicyclic) bond motifs is 12. The SMILES string of the molecule is [C-]#[N+]c1ccc2c3ccc(C#N)cc3n(-c3ccc4sc5ccc(-c6ccc7sc8ccc(-n9c%10ccccc%10c%10ccccc%109)cc8c7c6)cc5c4c3)c2c1.